The minimum Gasteiger partial charge on any atom is -0.487 e. The number of alkyl halides is 5. The zero-order chi connectivity index (χ0) is 24.4. The van der Waals surface area contributed by atoms with Crippen LogP contribution in [-0.2, 0) is 11.2 Å². The van der Waals surface area contributed by atoms with Crippen LogP contribution in [0, 0.1) is 0 Å². The minimum absolute atomic E-state index is 0.0719. The van der Waals surface area contributed by atoms with Crippen LogP contribution in [0.5, 0.6) is 11.5 Å². The first-order valence-corrected chi connectivity index (χ1v) is 9.63. The lowest BCUT2D eigenvalue weighted by atomic mass is 10.0. The molecular weight excluding hydrogens is 455 g/mol. The second kappa shape index (κ2) is 12.0. The number of hydrogen-bond acceptors (Lipinski definition) is 5. The molecule has 0 radical (unpaired) electrons. The van der Waals surface area contributed by atoms with Crippen molar-refractivity contribution >= 4 is 11.8 Å². The van der Waals surface area contributed by atoms with Crippen molar-refractivity contribution in [3.8, 4) is 11.5 Å². The second-order valence-corrected chi connectivity index (χ2v) is 6.63. The fraction of sp³-hybridized carbons (Fsp3) is 0.333. The van der Waals surface area contributed by atoms with Gasteiger partial charge in [-0.05, 0) is 23.8 Å². The molecule has 2 rings (SSSR count). The Morgan fingerprint density at radius 2 is 1.76 bits per heavy atom. The van der Waals surface area contributed by atoms with E-state index >= 15 is 0 Å². The van der Waals surface area contributed by atoms with E-state index in [-0.39, 0.29) is 36.4 Å². The summed E-state index contributed by atoms with van der Waals surface area (Å²) < 4.78 is 71.5. The van der Waals surface area contributed by atoms with E-state index in [1.165, 1.54) is 12.1 Å². The standard InChI is InChI=1S/C21H21F5N2O5/c22-18(23)12-32-17-11-15(33-21(24,25)26)7-6-14(17)10-16(20(31)27-8-9-29)28-19(30)13-4-2-1-3-5-13/h1-7,11,16,18,29H,8-10,12H2,(H,27,31)(H,28,30). The number of rotatable bonds is 11. The monoisotopic (exact) mass is 476 g/mol. The summed E-state index contributed by atoms with van der Waals surface area (Å²) in [6.07, 6.45) is -8.23. The van der Waals surface area contributed by atoms with E-state index in [1.807, 2.05) is 0 Å². The van der Waals surface area contributed by atoms with E-state index in [0.717, 1.165) is 18.2 Å². The molecule has 3 N–H and O–H groups in total. The minimum atomic E-state index is -5.02. The number of aliphatic hydroxyl groups is 1. The maximum atomic E-state index is 12.6. The molecule has 0 spiro atoms. The van der Waals surface area contributed by atoms with Gasteiger partial charge in [0.2, 0.25) is 5.91 Å². The normalized spacial score (nSPS) is 12.2. The summed E-state index contributed by atoms with van der Waals surface area (Å²) in [7, 11) is 0. The van der Waals surface area contributed by atoms with E-state index in [1.54, 1.807) is 18.2 Å². The van der Waals surface area contributed by atoms with E-state index in [9.17, 15) is 31.5 Å². The first-order chi connectivity index (χ1) is 15.6. The summed E-state index contributed by atoms with van der Waals surface area (Å²) in [6, 6.07) is 9.44. The Balaban J connectivity index is 2.31. The molecule has 0 bridgehead atoms. The third kappa shape index (κ3) is 8.93. The van der Waals surface area contributed by atoms with Gasteiger partial charge in [-0.3, -0.25) is 9.59 Å². The Kier molecular flexibility index (Phi) is 9.40. The first kappa shape index (κ1) is 25.8. The van der Waals surface area contributed by atoms with Crippen LogP contribution in [0.3, 0.4) is 0 Å². The number of hydrogen-bond donors (Lipinski definition) is 3. The number of amides is 2. The number of halogens is 5. The highest BCUT2D eigenvalue weighted by Crippen LogP contribution is 2.30. The predicted octanol–water partition coefficient (Wildman–Crippen LogP) is 2.68. The summed E-state index contributed by atoms with van der Waals surface area (Å²) >= 11 is 0. The molecule has 1 unspecified atom stereocenters. The van der Waals surface area contributed by atoms with Gasteiger partial charge in [0.05, 0.1) is 6.61 Å². The molecule has 0 aliphatic carbocycles. The molecule has 0 fully saturated rings. The second-order valence-electron chi connectivity index (χ2n) is 6.63. The molecule has 0 saturated carbocycles. The molecule has 0 aliphatic rings. The number of aliphatic hydroxyl groups excluding tert-OH is 1. The maximum Gasteiger partial charge on any atom is 0.573 e. The molecule has 12 heteroatoms. The molecular formula is C21H21F5N2O5. The van der Waals surface area contributed by atoms with Gasteiger partial charge in [-0.15, -0.1) is 13.2 Å². The SMILES string of the molecule is O=C(NC(Cc1ccc(OC(F)(F)F)cc1OCC(F)F)C(=O)NCCO)c1ccccc1. The highest BCUT2D eigenvalue weighted by atomic mass is 19.4. The average molecular weight is 476 g/mol. The number of carbonyl (C=O) groups is 2. The molecule has 7 nitrogen and oxygen atoms in total. The lowest BCUT2D eigenvalue weighted by Crippen LogP contribution is -2.48. The molecule has 2 aromatic carbocycles. The summed E-state index contributed by atoms with van der Waals surface area (Å²) in [5, 5.41) is 13.8. The van der Waals surface area contributed by atoms with Gasteiger partial charge in [0.15, 0.2) is 0 Å². The number of ether oxygens (including phenoxy) is 2. The quantitative estimate of drug-likeness (QED) is 0.434. The van der Waals surface area contributed by atoms with Gasteiger partial charge in [-0.2, -0.15) is 0 Å². The zero-order valence-corrected chi connectivity index (χ0v) is 17.1. The van der Waals surface area contributed by atoms with E-state index < -0.39 is 43.0 Å². The first-order valence-electron chi connectivity index (χ1n) is 9.63. The van der Waals surface area contributed by atoms with Crippen molar-refractivity contribution in [2.24, 2.45) is 0 Å². The molecule has 0 saturated heterocycles. The van der Waals surface area contributed by atoms with Crippen molar-refractivity contribution in [3.63, 3.8) is 0 Å². The Bertz CT molecular complexity index is 925. The summed E-state index contributed by atoms with van der Waals surface area (Å²) in [5.74, 6) is -2.40. The van der Waals surface area contributed by atoms with Crippen LogP contribution >= 0.6 is 0 Å². The Morgan fingerprint density at radius 3 is 2.36 bits per heavy atom. The van der Waals surface area contributed by atoms with Crippen LogP contribution in [0.25, 0.3) is 0 Å². The molecule has 33 heavy (non-hydrogen) atoms. The van der Waals surface area contributed by atoms with Gasteiger partial charge in [-0.25, -0.2) is 8.78 Å². The van der Waals surface area contributed by atoms with Gasteiger partial charge >= 0.3 is 6.36 Å². The fourth-order valence-electron chi connectivity index (χ4n) is 2.75. The van der Waals surface area contributed by atoms with Gasteiger partial charge in [0.1, 0.15) is 24.1 Å². The highest BCUT2D eigenvalue weighted by Gasteiger charge is 2.32. The van der Waals surface area contributed by atoms with Crippen LogP contribution in [-0.4, -0.2) is 55.5 Å². The fourth-order valence-corrected chi connectivity index (χ4v) is 2.75. The third-order valence-electron chi connectivity index (χ3n) is 4.13. The van der Waals surface area contributed by atoms with Crippen molar-refractivity contribution in [2.75, 3.05) is 19.8 Å². The van der Waals surface area contributed by atoms with E-state index in [2.05, 4.69) is 15.4 Å². The summed E-state index contributed by atoms with van der Waals surface area (Å²) in [4.78, 5) is 25.1. The molecule has 1 atom stereocenters. The molecule has 0 aliphatic heterocycles. The van der Waals surface area contributed by atoms with Crippen molar-refractivity contribution in [1.29, 1.82) is 0 Å². The summed E-state index contributed by atoms with van der Waals surface area (Å²) in [5.41, 5.74) is 0.309. The molecule has 180 valence electrons. The third-order valence-corrected chi connectivity index (χ3v) is 4.13. The Morgan fingerprint density at radius 1 is 1.06 bits per heavy atom. The molecule has 0 aromatic heterocycles. The van der Waals surface area contributed by atoms with Crippen LogP contribution in [0.1, 0.15) is 15.9 Å². The number of benzene rings is 2. The zero-order valence-electron chi connectivity index (χ0n) is 17.1. The van der Waals surface area contributed by atoms with Gasteiger partial charge in [-0.1, -0.05) is 24.3 Å². The smallest absolute Gasteiger partial charge is 0.487 e. The number of nitrogens with one attached hydrogen (secondary N) is 2. The van der Waals surface area contributed by atoms with Crippen molar-refractivity contribution in [1.82, 2.24) is 10.6 Å². The molecule has 0 heterocycles. The maximum absolute atomic E-state index is 12.6. The van der Waals surface area contributed by atoms with Crippen LogP contribution < -0.4 is 20.1 Å². The van der Waals surface area contributed by atoms with Crippen LogP contribution in [0.2, 0.25) is 0 Å². The highest BCUT2D eigenvalue weighted by molar-refractivity contribution is 5.97. The van der Waals surface area contributed by atoms with Crippen LogP contribution in [0.15, 0.2) is 48.5 Å². The van der Waals surface area contributed by atoms with Gasteiger partial charge < -0.3 is 25.2 Å². The number of carbonyl (C=O) groups excluding carboxylic acids is 2. The predicted molar refractivity (Wildman–Crippen MR) is 106 cm³/mol. The summed E-state index contributed by atoms with van der Waals surface area (Å²) in [6.45, 7) is -1.61. The lowest BCUT2D eigenvalue weighted by molar-refractivity contribution is -0.274. The van der Waals surface area contributed by atoms with Gasteiger partial charge in [0.25, 0.3) is 12.3 Å². The van der Waals surface area contributed by atoms with Gasteiger partial charge in [0, 0.05) is 24.6 Å². The average Bonchev–Trinajstić information content (AvgIpc) is 2.76. The van der Waals surface area contributed by atoms with E-state index in [0.29, 0.717) is 0 Å². The van der Waals surface area contributed by atoms with E-state index in [4.69, 9.17) is 9.84 Å². The van der Waals surface area contributed by atoms with Crippen LogP contribution in [0.4, 0.5) is 22.0 Å². The van der Waals surface area contributed by atoms with Crippen molar-refractivity contribution in [2.45, 2.75) is 25.3 Å². The largest absolute Gasteiger partial charge is 0.573 e. The Hall–Kier alpha value is -3.41. The molecule has 2 amide bonds. The van der Waals surface area contributed by atoms with Crippen molar-refractivity contribution in [3.05, 3.63) is 59.7 Å². The molecule has 2 aromatic rings. The van der Waals surface area contributed by atoms with Crippen molar-refractivity contribution < 1.29 is 46.1 Å². The Labute approximate surface area is 185 Å². The lowest BCUT2D eigenvalue weighted by Gasteiger charge is -2.21. The topological polar surface area (TPSA) is 96.9 Å².